The Morgan fingerprint density at radius 1 is 0.846 bits per heavy atom. The van der Waals surface area contributed by atoms with E-state index in [0.717, 1.165) is 48.2 Å². The highest BCUT2D eigenvalue weighted by Gasteiger charge is 2.17. The summed E-state index contributed by atoms with van der Waals surface area (Å²) in [6.45, 7) is 2.25. The molecule has 1 aliphatic heterocycles. The topological polar surface area (TPSA) is 29.5 Å². The lowest BCUT2D eigenvalue weighted by molar-refractivity contribution is 0.0724. The van der Waals surface area contributed by atoms with Crippen LogP contribution < -0.4 is 4.74 Å². The average molecular weight is 345 g/mol. The Balaban J connectivity index is 1.43. The summed E-state index contributed by atoms with van der Waals surface area (Å²) in [6.07, 6.45) is 3.46. The van der Waals surface area contributed by atoms with Crippen LogP contribution in [0.1, 0.15) is 35.2 Å². The van der Waals surface area contributed by atoms with Crippen molar-refractivity contribution in [2.24, 2.45) is 0 Å². The highest BCUT2D eigenvalue weighted by molar-refractivity contribution is 5.94. The molecule has 3 aromatic carbocycles. The summed E-state index contributed by atoms with van der Waals surface area (Å²) in [6, 6.07) is 22.1. The molecule has 1 aliphatic rings. The molecule has 0 aliphatic carbocycles. The third-order valence-corrected chi connectivity index (χ3v) is 4.99. The van der Waals surface area contributed by atoms with Crippen LogP contribution >= 0.6 is 0 Å². The fourth-order valence-corrected chi connectivity index (χ4v) is 3.51. The second kappa shape index (κ2) is 7.61. The molecular weight excluding hydrogens is 322 g/mol. The molecule has 1 saturated heterocycles. The van der Waals surface area contributed by atoms with Gasteiger partial charge in [0.05, 0.1) is 0 Å². The van der Waals surface area contributed by atoms with Gasteiger partial charge in [0.1, 0.15) is 12.4 Å². The van der Waals surface area contributed by atoms with Crippen LogP contribution in [0.3, 0.4) is 0 Å². The Kier molecular flexibility index (Phi) is 4.87. The fourth-order valence-electron chi connectivity index (χ4n) is 3.51. The molecule has 0 unspecified atom stereocenters. The van der Waals surface area contributed by atoms with Crippen molar-refractivity contribution in [2.45, 2.75) is 25.9 Å². The lowest BCUT2D eigenvalue weighted by Gasteiger charge is -2.26. The lowest BCUT2D eigenvalue weighted by Crippen LogP contribution is -2.35. The van der Waals surface area contributed by atoms with Gasteiger partial charge in [0.15, 0.2) is 0 Å². The molecule has 0 radical (unpaired) electrons. The molecule has 0 N–H and O–H groups in total. The van der Waals surface area contributed by atoms with Crippen molar-refractivity contribution >= 4 is 16.7 Å². The van der Waals surface area contributed by atoms with Gasteiger partial charge >= 0.3 is 0 Å². The van der Waals surface area contributed by atoms with E-state index in [9.17, 15) is 4.79 Å². The molecule has 26 heavy (non-hydrogen) atoms. The van der Waals surface area contributed by atoms with Crippen LogP contribution in [-0.4, -0.2) is 23.9 Å². The van der Waals surface area contributed by atoms with Crippen molar-refractivity contribution in [3.8, 4) is 5.75 Å². The zero-order valence-electron chi connectivity index (χ0n) is 14.9. The molecule has 132 valence electrons. The Hall–Kier alpha value is -2.81. The minimum absolute atomic E-state index is 0.145. The number of hydrogen-bond acceptors (Lipinski definition) is 2. The van der Waals surface area contributed by atoms with Crippen molar-refractivity contribution in [3.63, 3.8) is 0 Å². The number of hydrogen-bond donors (Lipinski definition) is 0. The first-order valence-corrected chi connectivity index (χ1v) is 9.30. The molecule has 0 saturated carbocycles. The molecule has 1 heterocycles. The van der Waals surface area contributed by atoms with Crippen LogP contribution in [0.2, 0.25) is 0 Å². The monoisotopic (exact) mass is 345 g/mol. The number of fused-ring (bicyclic) bond motifs is 1. The Morgan fingerprint density at radius 2 is 1.58 bits per heavy atom. The van der Waals surface area contributed by atoms with Gasteiger partial charge in [-0.1, -0.05) is 48.5 Å². The van der Waals surface area contributed by atoms with Gasteiger partial charge in [0, 0.05) is 24.0 Å². The van der Waals surface area contributed by atoms with Crippen LogP contribution in [0.15, 0.2) is 66.7 Å². The summed E-state index contributed by atoms with van der Waals surface area (Å²) >= 11 is 0. The van der Waals surface area contributed by atoms with E-state index in [-0.39, 0.29) is 5.91 Å². The van der Waals surface area contributed by atoms with E-state index in [1.807, 2.05) is 53.4 Å². The Labute approximate surface area is 154 Å². The first kappa shape index (κ1) is 16.6. The van der Waals surface area contributed by atoms with Crippen LogP contribution in [-0.2, 0) is 6.61 Å². The third kappa shape index (κ3) is 3.57. The fraction of sp³-hybridized carbons (Fsp3) is 0.261. The summed E-state index contributed by atoms with van der Waals surface area (Å²) in [5.41, 5.74) is 1.83. The molecule has 3 heteroatoms. The normalized spacial score (nSPS) is 14.4. The number of benzene rings is 3. The molecule has 3 aromatic rings. The number of carbonyl (C=O) groups is 1. The number of rotatable bonds is 4. The minimum atomic E-state index is 0.145. The zero-order valence-corrected chi connectivity index (χ0v) is 14.9. The first-order valence-electron chi connectivity index (χ1n) is 9.30. The van der Waals surface area contributed by atoms with Gasteiger partial charge in [-0.3, -0.25) is 4.79 Å². The van der Waals surface area contributed by atoms with E-state index in [0.29, 0.717) is 6.61 Å². The average Bonchev–Trinajstić information content (AvgIpc) is 2.73. The molecule has 1 amide bonds. The number of piperidine rings is 1. The van der Waals surface area contributed by atoms with Gasteiger partial charge in [0.2, 0.25) is 0 Å². The molecule has 0 spiro atoms. The summed E-state index contributed by atoms with van der Waals surface area (Å²) in [4.78, 5) is 14.5. The summed E-state index contributed by atoms with van der Waals surface area (Å²) < 4.78 is 6.03. The minimum Gasteiger partial charge on any atom is -0.488 e. The molecule has 1 fully saturated rings. The van der Waals surface area contributed by atoms with E-state index >= 15 is 0 Å². The van der Waals surface area contributed by atoms with Crippen molar-refractivity contribution in [1.82, 2.24) is 4.90 Å². The molecule has 0 aromatic heterocycles. The molecule has 4 rings (SSSR count). The number of likely N-dealkylation sites (tertiary alicyclic amines) is 1. The van der Waals surface area contributed by atoms with Gasteiger partial charge in [-0.25, -0.2) is 0 Å². The standard InChI is InChI=1S/C23H23NO2/c25-23(24-15-4-1-5-16-24)20-13-11-18(12-14-20)17-26-22-10-6-8-19-7-2-3-9-21(19)22/h2-3,6-14H,1,4-5,15-17H2. The SMILES string of the molecule is O=C(c1ccc(COc2cccc3ccccc23)cc1)N1CCCCC1. The van der Waals surface area contributed by atoms with E-state index in [1.54, 1.807) is 0 Å². The van der Waals surface area contributed by atoms with Crippen molar-refractivity contribution < 1.29 is 9.53 Å². The maximum atomic E-state index is 12.5. The summed E-state index contributed by atoms with van der Waals surface area (Å²) in [5.74, 6) is 1.03. The number of nitrogens with zero attached hydrogens (tertiary/aromatic N) is 1. The van der Waals surface area contributed by atoms with E-state index < -0.39 is 0 Å². The molecule has 0 bridgehead atoms. The lowest BCUT2D eigenvalue weighted by atomic mass is 10.1. The highest BCUT2D eigenvalue weighted by atomic mass is 16.5. The predicted octanol–water partition coefficient (Wildman–Crippen LogP) is 5.04. The Morgan fingerprint density at radius 3 is 2.38 bits per heavy atom. The first-order chi connectivity index (χ1) is 12.8. The predicted molar refractivity (Wildman–Crippen MR) is 104 cm³/mol. The van der Waals surface area contributed by atoms with Crippen LogP contribution in [0.5, 0.6) is 5.75 Å². The maximum absolute atomic E-state index is 12.5. The van der Waals surface area contributed by atoms with Crippen molar-refractivity contribution in [1.29, 1.82) is 0 Å². The largest absolute Gasteiger partial charge is 0.488 e. The number of ether oxygens (including phenoxy) is 1. The smallest absolute Gasteiger partial charge is 0.253 e. The van der Waals surface area contributed by atoms with Gasteiger partial charge in [-0.2, -0.15) is 0 Å². The van der Waals surface area contributed by atoms with Gasteiger partial charge < -0.3 is 9.64 Å². The second-order valence-electron chi connectivity index (χ2n) is 6.82. The van der Waals surface area contributed by atoms with Gasteiger partial charge in [0.25, 0.3) is 5.91 Å². The van der Waals surface area contributed by atoms with Gasteiger partial charge in [-0.15, -0.1) is 0 Å². The van der Waals surface area contributed by atoms with Crippen LogP contribution in [0.25, 0.3) is 10.8 Å². The molecular formula is C23H23NO2. The zero-order chi connectivity index (χ0) is 17.8. The Bertz CT molecular complexity index is 890. The quantitative estimate of drug-likeness (QED) is 0.662. The molecule has 3 nitrogen and oxygen atoms in total. The third-order valence-electron chi connectivity index (χ3n) is 4.99. The van der Waals surface area contributed by atoms with E-state index in [2.05, 4.69) is 18.2 Å². The number of carbonyl (C=O) groups excluding carboxylic acids is 1. The highest BCUT2D eigenvalue weighted by Crippen LogP contribution is 2.26. The summed E-state index contributed by atoms with van der Waals surface area (Å²) in [5, 5.41) is 2.29. The van der Waals surface area contributed by atoms with Crippen LogP contribution in [0, 0.1) is 0 Å². The summed E-state index contributed by atoms with van der Waals surface area (Å²) in [7, 11) is 0. The second-order valence-corrected chi connectivity index (χ2v) is 6.82. The van der Waals surface area contributed by atoms with Gasteiger partial charge in [-0.05, 0) is 48.4 Å². The van der Waals surface area contributed by atoms with E-state index in [1.165, 1.54) is 11.8 Å². The van der Waals surface area contributed by atoms with Crippen molar-refractivity contribution in [3.05, 3.63) is 77.9 Å². The van der Waals surface area contributed by atoms with Crippen molar-refractivity contribution in [2.75, 3.05) is 13.1 Å². The number of amides is 1. The maximum Gasteiger partial charge on any atom is 0.253 e. The van der Waals surface area contributed by atoms with E-state index in [4.69, 9.17) is 4.74 Å². The molecule has 0 atom stereocenters. The van der Waals surface area contributed by atoms with Crippen LogP contribution in [0.4, 0.5) is 0 Å².